The lowest BCUT2D eigenvalue weighted by Crippen LogP contribution is -2.55. The highest BCUT2D eigenvalue weighted by Crippen LogP contribution is 2.39. The van der Waals surface area contributed by atoms with Crippen LogP contribution in [0.4, 0.5) is 0 Å². The molecule has 1 amide bonds. The summed E-state index contributed by atoms with van der Waals surface area (Å²) in [5, 5.41) is 19.4. The molecule has 1 aliphatic carbocycles. The van der Waals surface area contributed by atoms with Crippen molar-refractivity contribution in [3.63, 3.8) is 0 Å². The third-order valence-electron chi connectivity index (χ3n) is 4.48. The molecule has 102 valence electrons. The van der Waals surface area contributed by atoms with Crippen LogP contribution in [0.1, 0.15) is 39.0 Å². The van der Waals surface area contributed by atoms with Crippen molar-refractivity contribution in [3.05, 3.63) is 0 Å². The minimum Gasteiger partial charge on any atom is -0.481 e. The first-order chi connectivity index (χ1) is 8.44. The Morgan fingerprint density at radius 3 is 2.72 bits per heavy atom. The van der Waals surface area contributed by atoms with Gasteiger partial charge in [0.15, 0.2) is 0 Å². The number of carboxylic acid groups (broad SMARTS) is 1. The monoisotopic (exact) mass is 255 g/mol. The van der Waals surface area contributed by atoms with Crippen LogP contribution in [0.15, 0.2) is 0 Å². The molecule has 2 aliphatic rings. The maximum atomic E-state index is 12.0. The molecule has 0 radical (unpaired) electrons. The predicted octanol–water partition coefficient (Wildman–Crippen LogP) is 0.861. The third kappa shape index (κ3) is 2.36. The van der Waals surface area contributed by atoms with Crippen molar-refractivity contribution in [1.29, 1.82) is 0 Å². The van der Waals surface area contributed by atoms with Gasteiger partial charge in [-0.15, -0.1) is 0 Å². The molecule has 0 spiro atoms. The Bertz CT molecular complexity index is 357. The Morgan fingerprint density at radius 1 is 1.33 bits per heavy atom. The van der Waals surface area contributed by atoms with Crippen LogP contribution in [0.3, 0.4) is 0 Å². The normalized spacial score (nSPS) is 33.7. The van der Waals surface area contributed by atoms with Gasteiger partial charge in [0.05, 0.1) is 5.60 Å². The van der Waals surface area contributed by atoms with Gasteiger partial charge < -0.3 is 15.1 Å². The number of piperidine rings is 1. The SMILES string of the molecule is CC(C(=O)O)C(=O)N1CCC2(O)CCCCC2C1. The topological polar surface area (TPSA) is 77.8 Å². The zero-order valence-corrected chi connectivity index (χ0v) is 10.8. The minimum absolute atomic E-state index is 0.116. The van der Waals surface area contributed by atoms with Crippen molar-refractivity contribution >= 4 is 11.9 Å². The number of amides is 1. The van der Waals surface area contributed by atoms with E-state index in [1.807, 2.05) is 0 Å². The van der Waals surface area contributed by atoms with Gasteiger partial charge in [-0.05, 0) is 26.2 Å². The molecule has 0 aromatic carbocycles. The van der Waals surface area contributed by atoms with Gasteiger partial charge in [0.1, 0.15) is 5.92 Å². The number of nitrogens with zero attached hydrogens (tertiary/aromatic N) is 1. The van der Waals surface area contributed by atoms with Gasteiger partial charge in [0, 0.05) is 19.0 Å². The van der Waals surface area contributed by atoms with Crippen LogP contribution >= 0.6 is 0 Å². The molecule has 0 aromatic heterocycles. The molecule has 5 nitrogen and oxygen atoms in total. The molecule has 1 aliphatic heterocycles. The summed E-state index contributed by atoms with van der Waals surface area (Å²) in [4.78, 5) is 24.4. The van der Waals surface area contributed by atoms with Crippen molar-refractivity contribution in [1.82, 2.24) is 4.90 Å². The molecular weight excluding hydrogens is 234 g/mol. The molecule has 1 saturated carbocycles. The fourth-order valence-corrected chi connectivity index (χ4v) is 3.15. The maximum Gasteiger partial charge on any atom is 0.315 e. The number of likely N-dealkylation sites (tertiary alicyclic amines) is 1. The number of carboxylic acids is 1. The average molecular weight is 255 g/mol. The lowest BCUT2D eigenvalue weighted by molar-refractivity contribution is -0.155. The van der Waals surface area contributed by atoms with Gasteiger partial charge in [-0.2, -0.15) is 0 Å². The standard InChI is InChI=1S/C13H21NO4/c1-9(12(16)17)11(15)14-7-6-13(18)5-3-2-4-10(13)8-14/h9-10,18H,2-8H2,1H3,(H,16,17). The highest BCUT2D eigenvalue weighted by molar-refractivity contribution is 5.96. The van der Waals surface area contributed by atoms with Gasteiger partial charge in [0.25, 0.3) is 0 Å². The quantitative estimate of drug-likeness (QED) is 0.717. The molecular formula is C13H21NO4. The zero-order valence-electron chi connectivity index (χ0n) is 10.8. The van der Waals surface area contributed by atoms with Crippen LogP contribution in [0, 0.1) is 11.8 Å². The number of aliphatic hydroxyl groups is 1. The molecule has 5 heteroatoms. The van der Waals surface area contributed by atoms with E-state index in [1.165, 1.54) is 6.92 Å². The fraction of sp³-hybridized carbons (Fsp3) is 0.846. The highest BCUT2D eigenvalue weighted by atomic mass is 16.4. The van der Waals surface area contributed by atoms with E-state index in [2.05, 4.69) is 0 Å². The van der Waals surface area contributed by atoms with Crippen LogP contribution in [0.25, 0.3) is 0 Å². The van der Waals surface area contributed by atoms with Crippen molar-refractivity contribution in [3.8, 4) is 0 Å². The Labute approximate surface area is 107 Å². The molecule has 0 aromatic rings. The molecule has 3 atom stereocenters. The molecule has 1 saturated heterocycles. The second kappa shape index (κ2) is 4.88. The summed E-state index contributed by atoms with van der Waals surface area (Å²) in [5.74, 6) is -2.27. The number of hydrogen-bond acceptors (Lipinski definition) is 3. The van der Waals surface area contributed by atoms with Crippen molar-refractivity contribution in [2.75, 3.05) is 13.1 Å². The van der Waals surface area contributed by atoms with E-state index in [9.17, 15) is 14.7 Å². The minimum atomic E-state index is -1.08. The van der Waals surface area contributed by atoms with E-state index >= 15 is 0 Å². The second-order valence-corrected chi connectivity index (χ2v) is 5.64. The van der Waals surface area contributed by atoms with Gasteiger partial charge >= 0.3 is 5.97 Å². The lowest BCUT2D eigenvalue weighted by Gasteiger charge is -2.47. The number of rotatable bonds is 2. The van der Waals surface area contributed by atoms with E-state index in [0.29, 0.717) is 19.5 Å². The summed E-state index contributed by atoms with van der Waals surface area (Å²) in [6, 6.07) is 0. The van der Waals surface area contributed by atoms with Crippen LogP contribution in [-0.4, -0.2) is 45.7 Å². The van der Waals surface area contributed by atoms with Crippen LogP contribution in [0.2, 0.25) is 0 Å². The first kappa shape index (κ1) is 13.3. The van der Waals surface area contributed by atoms with Crippen LogP contribution < -0.4 is 0 Å². The van der Waals surface area contributed by atoms with Crippen molar-refractivity contribution in [2.24, 2.45) is 11.8 Å². The van der Waals surface area contributed by atoms with Crippen LogP contribution in [0.5, 0.6) is 0 Å². The van der Waals surface area contributed by atoms with Gasteiger partial charge in [0.2, 0.25) is 5.91 Å². The Balaban J connectivity index is 2.02. The molecule has 2 rings (SSSR count). The predicted molar refractivity (Wildman–Crippen MR) is 64.9 cm³/mol. The van der Waals surface area contributed by atoms with E-state index in [4.69, 9.17) is 5.11 Å². The summed E-state index contributed by atoms with van der Waals surface area (Å²) in [6.07, 6.45) is 4.46. The fourth-order valence-electron chi connectivity index (χ4n) is 3.15. The molecule has 18 heavy (non-hydrogen) atoms. The smallest absolute Gasteiger partial charge is 0.315 e. The summed E-state index contributed by atoms with van der Waals surface area (Å²) in [6.45, 7) is 2.41. The highest BCUT2D eigenvalue weighted by Gasteiger charge is 2.44. The van der Waals surface area contributed by atoms with E-state index < -0.39 is 17.5 Å². The van der Waals surface area contributed by atoms with Crippen LogP contribution in [-0.2, 0) is 9.59 Å². The number of carbonyl (C=O) groups is 2. The van der Waals surface area contributed by atoms with Crippen molar-refractivity contribution in [2.45, 2.75) is 44.6 Å². The van der Waals surface area contributed by atoms with E-state index in [1.54, 1.807) is 4.90 Å². The van der Waals surface area contributed by atoms with Gasteiger partial charge in [-0.1, -0.05) is 12.8 Å². The summed E-state index contributed by atoms with van der Waals surface area (Å²) in [5.41, 5.74) is -0.624. The maximum absolute atomic E-state index is 12.0. The van der Waals surface area contributed by atoms with Crippen molar-refractivity contribution < 1.29 is 19.8 Å². The number of fused-ring (bicyclic) bond motifs is 1. The molecule has 2 fully saturated rings. The zero-order chi connectivity index (χ0) is 13.3. The lowest BCUT2D eigenvalue weighted by atomic mass is 9.71. The molecule has 2 N–H and O–H groups in total. The number of hydrogen-bond donors (Lipinski definition) is 2. The Morgan fingerprint density at radius 2 is 2.06 bits per heavy atom. The van der Waals surface area contributed by atoms with Gasteiger partial charge in [-0.25, -0.2) is 0 Å². The van der Waals surface area contributed by atoms with E-state index in [0.717, 1.165) is 25.7 Å². The Kier molecular flexibility index (Phi) is 3.61. The molecule has 1 heterocycles. The molecule has 0 bridgehead atoms. The summed E-state index contributed by atoms with van der Waals surface area (Å²) < 4.78 is 0. The third-order valence-corrected chi connectivity index (χ3v) is 4.48. The largest absolute Gasteiger partial charge is 0.481 e. The van der Waals surface area contributed by atoms with Gasteiger partial charge in [-0.3, -0.25) is 9.59 Å². The number of carbonyl (C=O) groups excluding carboxylic acids is 1. The average Bonchev–Trinajstić information content (AvgIpc) is 2.35. The first-order valence-corrected chi connectivity index (χ1v) is 6.68. The Hall–Kier alpha value is -1.10. The summed E-state index contributed by atoms with van der Waals surface area (Å²) >= 11 is 0. The first-order valence-electron chi connectivity index (χ1n) is 6.68. The summed E-state index contributed by atoms with van der Waals surface area (Å²) in [7, 11) is 0. The second-order valence-electron chi connectivity index (χ2n) is 5.64. The number of aliphatic carboxylic acids is 1. The van der Waals surface area contributed by atoms with E-state index in [-0.39, 0.29) is 11.8 Å². The molecule has 3 unspecified atom stereocenters.